The van der Waals surface area contributed by atoms with Gasteiger partial charge in [-0.3, -0.25) is 18.7 Å². The topological polar surface area (TPSA) is 90.0 Å². The number of nitrogens with zero attached hydrogens (tertiary/aromatic N) is 1. The number of halogens is 1. The molecule has 0 unspecified atom stereocenters. The molecule has 176 valence electrons. The van der Waals surface area contributed by atoms with Crippen molar-refractivity contribution in [3.8, 4) is 5.75 Å². The Morgan fingerprint density at radius 2 is 1.53 bits per heavy atom. The lowest BCUT2D eigenvalue weighted by Crippen LogP contribution is -2.39. The number of amides is 2. The third-order valence-corrected chi connectivity index (χ3v) is 5.90. The SMILES string of the molecule is CS(=O)(=O)O[C@@H](Cc1cc(F)ccc1OCc1ccccc1)CN1C(=O)c2ccccc2C1=O. The average Bonchev–Trinajstić information content (AvgIpc) is 3.03. The monoisotopic (exact) mass is 483 g/mol. The van der Waals surface area contributed by atoms with Gasteiger partial charge in [0, 0.05) is 6.42 Å². The molecule has 1 heterocycles. The Balaban J connectivity index is 1.58. The average molecular weight is 484 g/mol. The Morgan fingerprint density at radius 3 is 2.15 bits per heavy atom. The molecule has 2 amide bonds. The van der Waals surface area contributed by atoms with Crippen LogP contribution in [0.3, 0.4) is 0 Å². The van der Waals surface area contributed by atoms with Crippen LogP contribution in [0.2, 0.25) is 0 Å². The summed E-state index contributed by atoms with van der Waals surface area (Å²) < 4.78 is 49.0. The van der Waals surface area contributed by atoms with Crippen LogP contribution >= 0.6 is 0 Å². The third-order valence-electron chi connectivity index (χ3n) is 5.28. The maximum Gasteiger partial charge on any atom is 0.264 e. The molecule has 7 nitrogen and oxygen atoms in total. The van der Waals surface area contributed by atoms with Gasteiger partial charge >= 0.3 is 0 Å². The summed E-state index contributed by atoms with van der Waals surface area (Å²) in [5.41, 5.74) is 1.72. The van der Waals surface area contributed by atoms with E-state index in [2.05, 4.69) is 0 Å². The second-order valence-electron chi connectivity index (χ2n) is 7.92. The first-order chi connectivity index (χ1) is 16.2. The smallest absolute Gasteiger partial charge is 0.264 e. The number of imide groups is 1. The molecule has 0 bridgehead atoms. The Hall–Kier alpha value is -3.56. The predicted octanol–water partition coefficient (Wildman–Crippen LogP) is 3.59. The first-order valence-corrected chi connectivity index (χ1v) is 12.3. The summed E-state index contributed by atoms with van der Waals surface area (Å²) in [5.74, 6) is -1.28. The first kappa shape index (κ1) is 23.6. The van der Waals surface area contributed by atoms with Crippen LogP contribution in [0.25, 0.3) is 0 Å². The maximum absolute atomic E-state index is 14.1. The number of fused-ring (bicyclic) bond motifs is 1. The van der Waals surface area contributed by atoms with E-state index in [0.29, 0.717) is 11.3 Å². The van der Waals surface area contributed by atoms with Crippen LogP contribution in [0, 0.1) is 5.82 Å². The minimum Gasteiger partial charge on any atom is -0.489 e. The van der Waals surface area contributed by atoms with E-state index in [1.165, 1.54) is 30.3 Å². The summed E-state index contributed by atoms with van der Waals surface area (Å²) >= 11 is 0. The van der Waals surface area contributed by atoms with Crippen LogP contribution in [-0.4, -0.2) is 44.0 Å². The van der Waals surface area contributed by atoms with Gasteiger partial charge in [0.2, 0.25) is 0 Å². The van der Waals surface area contributed by atoms with Crippen LogP contribution in [0.4, 0.5) is 4.39 Å². The van der Waals surface area contributed by atoms with Crippen molar-refractivity contribution in [2.45, 2.75) is 19.1 Å². The van der Waals surface area contributed by atoms with E-state index in [1.807, 2.05) is 30.3 Å². The first-order valence-electron chi connectivity index (χ1n) is 10.5. The molecule has 3 aromatic carbocycles. The van der Waals surface area contributed by atoms with E-state index in [9.17, 15) is 22.4 Å². The number of rotatable bonds is 9. The largest absolute Gasteiger partial charge is 0.489 e. The zero-order valence-electron chi connectivity index (χ0n) is 18.3. The van der Waals surface area contributed by atoms with Crippen molar-refractivity contribution >= 4 is 21.9 Å². The summed E-state index contributed by atoms with van der Waals surface area (Å²) in [6.45, 7) is -0.108. The highest BCUT2D eigenvalue weighted by Crippen LogP contribution is 2.27. The minimum atomic E-state index is -3.95. The lowest BCUT2D eigenvalue weighted by molar-refractivity contribution is 0.0575. The molecule has 0 radical (unpaired) electrons. The van der Waals surface area contributed by atoms with Gasteiger partial charge in [0.25, 0.3) is 21.9 Å². The standard InChI is InChI=1S/C25H22FNO6S/c1-34(30,31)33-20(15-27-24(28)21-9-5-6-10-22(21)25(27)29)14-18-13-19(26)11-12-23(18)32-16-17-7-3-2-4-8-17/h2-13,20H,14-16H2,1H3/t20-/m0/s1. The number of carbonyl (C=O) groups is 2. The van der Waals surface area contributed by atoms with E-state index < -0.39 is 33.9 Å². The lowest BCUT2D eigenvalue weighted by atomic mass is 10.1. The van der Waals surface area contributed by atoms with Crippen molar-refractivity contribution in [2.24, 2.45) is 0 Å². The highest BCUT2D eigenvalue weighted by atomic mass is 32.2. The van der Waals surface area contributed by atoms with Gasteiger partial charge in [-0.15, -0.1) is 0 Å². The van der Waals surface area contributed by atoms with Gasteiger partial charge in [-0.1, -0.05) is 42.5 Å². The predicted molar refractivity (Wildman–Crippen MR) is 122 cm³/mol. The Labute approximate surface area is 196 Å². The fourth-order valence-corrected chi connectivity index (χ4v) is 4.44. The van der Waals surface area contributed by atoms with Crippen molar-refractivity contribution < 1.29 is 31.3 Å². The maximum atomic E-state index is 14.1. The highest BCUT2D eigenvalue weighted by molar-refractivity contribution is 7.86. The molecule has 0 saturated heterocycles. The molecule has 0 saturated carbocycles. The van der Waals surface area contributed by atoms with Gasteiger partial charge in [-0.05, 0) is 41.5 Å². The molecule has 0 N–H and O–H groups in total. The van der Waals surface area contributed by atoms with E-state index >= 15 is 0 Å². The molecular weight excluding hydrogens is 461 g/mol. The summed E-state index contributed by atoms with van der Waals surface area (Å²) in [6, 6.07) is 19.6. The number of benzene rings is 3. The molecule has 0 fully saturated rings. The van der Waals surface area contributed by atoms with Crippen LogP contribution in [0.5, 0.6) is 5.75 Å². The second kappa shape index (κ2) is 9.74. The van der Waals surface area contributed by atoms with Crippen molar-refractivity contribution in [2.75, 3.05) is 12.8 Å². The number of hydrogen-bond acceptors (Lipinski definition) is 6. The number of ether oxygens (including phenoxy) is 1. The molecular formula is C25H22FNO6S. The molecule has 34 heavy (non-hydrogen) atoms. The van der Waals surface area contributed by atoms with Gasteiger partial charge in [0.05, 0.1) is 30.0 Å². The normalized spacial score (nSPS) is 14.2. The molecule has 0 spiro atoms. The van der Waals surface area contributed by atoms with Crippen molar-refractivity contribution in [1.29, 1.82) is 0 Å². The Bertz CT molecular complexity index is 1290. The van der Waals surface area contributed by atoms with Gasteiger partial charge in [0.15, 0.2) is 0 Å². The zero-order valence-corrected chi connectivity index (χ0v) is 19.1. The van der Waals surface area contributed by atoms with Crippen LogP contribution in [0.15, 0.2) is 72.8 Å². The van der Waals surface area contributed by atoms with E-state index in [0.717, 1.165) is 16.7 Å². The zero-order chi connectivity index (χ0) is 24.3. The Morgan fingerprint density at radius 1 is 0.912 bits per heavy atom. The summed E-state index contributed by atoms with van der Waals surface area (Å²) in [4.78, 5) is 26.5. The Kier molecular flexibility index (Phi) is 6.76. The summed E-state index contributed by atoms with van der Waals surface area (Å²) in [7, 11) is -3.95. The lowest BCUT2D eigenvalue weighted by Gasteiger charge is -2.23. The molecule has 0 aromatic heterocycles. The van der Waals surface area contributed by atoms with Crippen LogP contribution in [-0.2, 0) is 27.3 Å². The molecule has 4 rings (SSSR count). The molecule has 9 heteroatoms. The van der Waals surface area contributed by atoms with Gasteiger partial charge in [-0.2, -0.15) is 8.42 Å². The van der Waals surface area contributed by atoms with Crippen LogP contribution < -0.4 is 4.74 Å². The summed E-state index contributed by atoms with van der Waals surface area (Å²) in [6.07, 6.45) is -0.374. The van der Waals surface area contributed by atoms with Gasteiger partial charge in [-0.25, -0.2) is 4.39 Å². The van der Waals surface area contributed by atoms with Crippen molar-refractivity contribution in [3.63, 3.8) is 0 Å². The molecule has 1 aliphatic heterocycles. The highest BCUT2D eigenvalue weighted by Gasteiger charge is 2.37. The molecule has 3 aromatic rings. The quantitative estimate of drug-likeness (QED) is 0.341. The summed E-state index contributed by atoms with van der Waals surface area (Å²) in [5, 5.41) is 0. The molecule has 0 aliphatic carbocycles. The van der Waals surface area contributed by atoms with Gasteiger partial charge in [0.1, 0.15) is 18.2 Å². The molecule has 1 aliphatic rings. The fraction of sp³-hybridized carbons (Fsp3) is 0.200. The van der Waals surface area contributed by atoms with Crippen LogP contribution in [0.1, 0.15) is 31.8 Å². The van der Waals surface area contributed by atoms with Crippen molar-refractivity contribution in [1.82, 2.24) is 4.90 Å². The number of hydrogen-bond donors (Lipinski definition) is 0. The number of carbonyl (C=O) groups excluding carboxylic acids is 2. The second-order valence-corrected chi connectivity index (χ2v) is 9.52. The fourth-order valence-electron chi connectivity index (χ4n) is 3.81. The molecule has 1 atom stereocenters. The van der Waals surface area contributed by atoms with E-state index in [-0.39, 0.29) is 30.7 Å². The van der Waals surface area contributed by atoms with Crippen molar-refractivity contribution in [3.05, 3.63) is 101 Å². The van der Waals surface area contributed by atoms with E-state index in [4.69, 9.17) is 8.92 Å². The minimum absolute atomic E-state index is 0.109. The van der Waals surface area contributed by atoms with Gasteiger partial charge < -0.3 is 4.74 Å². The van der Waals surface area contributed by atoms with E-state index in [1.54, 1.807) is 12.1 Å². The third kappa shape index (κ3) is 5.49.